The number of benzene rings is 6. The summed E-state index contributed by atoms with van der Waals surface area (Å²) < 4.78 is 1.51. The molecule has 8 aromatic carbocycles. The van der Waals surface area contributed by atoms with Crippen LogP contribution in [-0.4, -0.2) is 3.21 Å². The number of rotatable bonds is 0. The maximum atomic E-state index is 2.21. The van der Waals surface area contributed by atoms with Crippen molar-refractivity contribution in [3.63, 3.8) is 0 Å². The van der Waals surface area contributed by atoms with Gasteiger partial charge in [0.15, 0.2) is 0 Å². The van der Waals surface area contributed by atoms with Gasteiger partial charge in [-0.3, -0.25) is 0 Å². The molecule has 0 atom stereocenters. The minimum absolute atomic E-state index is 1.35. The number of hydrogen-bond acceptors (Lipinski definition) is 0. The molecule has 0 amide bonds. The van der Waals surface area contributed by atoms with Crippen LogP contribution in [0.2, 0.25) is 0 Å². The molecule has 0 heterocycles. The van der Waals surface area contributed by atoms with Gasteiger partial charge < -0.3 is 0 Å². The van der Waals surface area contributed by atoms with Crippen molar-refractivity contribution >= 4 is 67.8 Å². The van der Waals surface area contributed by atoms with Gasteiger partial charge in [-0.2, -0.15) is 24.3 Å². The van der Waals surface area contributed by atoms with E-state index in [1.807, 2.05) is 0 Å². The van der Waals surface area contributed by atoms with E-state index in [0.717, 1.165) is 0 Å². The second kappa shape index (κ2) is 10.6. The summed E-state index contributed by atoms with van der Waals surface area (Å²) in [5.74, 6) is 0. The molecule has 8 rings (SSSR count). The summed E-state index contributed by atoms with van der Waals surface area (Å²) in [5, 5.41) is 16.2. The first kappa shape index (κ1) is 24.7. The van der Waals surface area contributed by atoms with Crippen LogP contribution in [0.1, 0.15) is 13.8 Å². The van der Waals surface area contributed by atoms with Gasteiger partial charge in [-0.05, 0) is 10.8 Å². The predicted octanol–water partition coefficient (Wildman–Crippen LogP) is 10.5. The van der Waals surface area contributed by atoms with Crippen molar-refractivity contribution in [1.82, 2.24) is 0 Å². The van der Waals surface area contributed by atoms with Crippen LogP contribution in [0.25, 0.3) is 64.6 Å². The van der Waals surface area contributed by atoms with Gasteiger partial charge in [-0.25, -0.2) is 0 Å². The molecule has 0 aliphatic heterocycles. The van der Waals surface area contributed by atoms with E-state index in [9.17, 15) is 0 Å². The Labute approximate surface area is 238 Å². The molecule has 38 heavy (non-hydrogen) atoms. The largest absolute Gasteiger partial charge is 0.168 e. The summed E-state index contributed by atoms with van der Waals surface area (Å²) in [6.45, 7) is 4.25. The van der Waals surface area contributed by atoms with Gasteiger partial charge in [0.05, 0.1) is 0 Å². The summed E-state index contributed by atoms with van der Waals surface area (Å²) in [6.07, 6.45) is 0. The molecule has 0 nitrogen and oxygen atoms in total. The molecule has 1 heteroatoms. The van der Waals surface area contributed by atoms with Gasteiger partial charge in [-0.15, -0.1) is 33.7 Å². The van der Waals surface area contributed by atoms with Crippen LogP contribution in [0.15, 0.2) is 133 Å². The zero-order valence-corrected chi connectivity index (χ0v) is 24.2. The van der Waals surface area contributed by atoms with Crippen LogP contribution in [0.4, 0.5) is 0 Å². The molecule has 180 valence electrons. The van der Waals surface area contributed by atoms with Gasteiger partial charge in [0.2, 0.25) is 0 Å². The van der Waals surface area contributed by atoms with E-state index >= 15 is 0 Å². The van der Waals surface area contributed by atoms with E-state index in [4.69, 9.17) is 0 Å². The van der Waals surface area contributed by atoms with Crippen molar-refractivity contribution in [3.8, 4) is 0 Å². The van der Waals surface area contributed by atoms with Crippen molar-refractivity contribution in [2.24, 2.45) is 0 Å². The van der Waals surface area contributed by atoms with Crippen LogP contribution >= 0.6 is 0 Å². The summed E-state index contributed by atoms with van der Waals surface area (Å²) in [6, 6.07) is 47.8. The predicted molar refractivity (Wildman–Crippen MR) is 165 cm³/mol. The minimum Gasteiger partial charge on any atom is -0.168 e. The van der Waals surface area contributed by atoms with Crippen molar-refractivity contribution < 1.29 is 24.2 Å². The normalized spacial score (nSPS) is 11.1. The monoisotopic (exact) mass is 562 g/mol. The van der Waals surface area contributed by atoms with Crippen molar-refractivity contribution in [1.29, 1.82) is 0 Å². The molecule has 0 aliphatic rings. The third-order valence-corrected chi connectivity index (χ3v) is 7.08. The Morgan fingerprint density at radius 2 is 0.605 bits per heavy atom. The van der Waals surface area contributed by atoms with E-state index in [1.54, 1.807) is 24.2 Å². The van der Waals surface area contributed by atoms with Crippen LogP contribution in [0.3, 0.4) is 0 Å². The summed E-state index contributed by atoms with van der Waals surface area (Å²) in [4.78, 5) is 0. The van der Waals surface area contributed by atoms with Gasteiger partial charge in [0.25, 0.3) is 0 Å². The van der Waals surface area contributed by atoms with Crippen molar-refractivity contribution in [3.05, 3.63) is 133 Å². The Morgan fingerprint density at radius 1 is 0.395 bits per heavy atom. The number of fused-ring (bicyclic) bond motifs is 12. The average Bonchev–Trinajstić information content (AvgIpc) is 3.65. The average molecular weight is 564 g/mol. The molecule has 0 radical (unpaired) electrons. The third-order valence-electron chi connectivity index (χ3n) is 7.08. The fourth-order valence-electron chi connectivity index (χ4n) is 5.59. The van der Waals surface area contributed by atoms with E-state index < -0.39 is 0 Å². The molecule has 0 fully saturated rings. The zero-order valence-electron chi connectivity index (χ0n) is 21.7. The van der Waals surface area contributed by atoms with Crippen molar-refractivity contribution in [2.75, 3.05) is 0 Å². The van der Waals surface area contributed by atoms with E-state index in [2.05, 4.69) is 147 Å². The van der Waals surface area contributed by atoms with Gasteiger partial charge in [-0.1, -0.05) is 129 Å². The van der Waals surface area contributed by atoms with E-state index in [1.165, 1.54) is 67.8 Å². The second-order valence-corrected chi connectivity index (χ2v) is 12.3. The molecular formula is C37H28Zr. The Bertz CT molecular complexity index is 1780. The van der Waals surface area contributed by atoms with Gasteiger partial charge in [0.1, 0.15) is 0 Å². The first-order chi connectivity index (χ1) is 18.6. The molecule has 8 aromatic rings. The van der Waals surface area contributed by atoms with Crippen LogP contribution < -0.4 is 0 Å². The van der Waals surface area contributed by atoms with Gasteiger partial charge in [0, 0.05) is 0 Å². The number of hydrogen-bond donors (Lipinski definition) is 0. The molecule has 0 aromatic heterocycles. The Balaban J connectivity index is 0.000000122. The molecule has 0 bridgehead atoms. The topological polar surface area (TPSA) is 0 Å². The van der Waals surface area contributed by atoms with E-state index in [0.29, 0.717) is 0 Å². The molecular weight excluding hydrogens is 536 g/mol. The third kappa shape index (κ3) is 4.46. The molecule has 0 saturated carbocycles. The second-order valence-electron chi connectivity index (χ2n) is 9.89. The standard InChI is InChI=1S/2C17H11.C3H6.Zr/c2*1-3-8-14-12(6-1)13-7-2-4-9-15(13)17-11-5-10-16(14)17;1-3-2;/h2*1-11H;1-2H3;/q2*-1;;+2. The molecule has 0 spiro atoms. The molecule has 0 unspecified atom stereocenters. The van der Waals surface area contributed by atoms with Crippen LogP contribution in [0, 0.1) is 0 Å². The summed E-state index contributed by atoms with van der Waals surface area (Å²) in [5.41, 5.74) is 0. The maximum Gasteiger partial charge on any atom is -0.0293 e. The van der Waals surface area contributed by atoms with Crippen molar-refractivity contribution in [2.45, 2.75) is 13.8 Å². The van der Waals surface area contributed by atoms with Crippen LogP contribution in [0.5, 0.6) is 0 Å². The Kier molecular flexibility index (Phi) is 6.88. The first-order valence-corrected chi connectivity index (χ1v) is 14.3. The molecule has 0 saturated heterocycles. The molecule has 0 aliphatic carbocycles. The summed E-state index contributed by atoms with van der Waals surface area (Å²) >= 11 is 1.55. The first-order valence-electron chi connectivity index (χ1n) is 13.0. The van der Waals surface area contributed by atoms with Gasteiger partial charge >= 0.3 is 41.3 Å². The quantitative estimate of drug-likeness (QED) is 0.127. The zero-order chi connectivity index (χ0) is 26.1. The van der Waals surface area contributed by atoms with Crippen LogP contribution in [-0.2, 0) is 24.2 Å². The maximum absolute atomic E-state index is 2.21. The fraction of sp³-hybridized carbons (Fsp3) is 0.0541. The van der Waals surface area contributed by atoms with E-state index in [-0.39, 0.29) is 0 Å². The Hall–Kier alpha value is -3.67. The fourth-order valence-corrected chi connectivity index (χ4v) is 5.59. The Morgan fingerprint density at radius 3 is 0.895 bits per heavy atom. The molecule has 0 N–H and O–H groups in total. The SMILES string of the molecule is C[C](C)=[Zr+2].c1ccc2c(c1)c1ccccc1c1[cH-]ccc21.c1ccc2c(c1)c1ccccc1c1[cH-]ccc21. The summed E-state index contributed by atoms with van der Waals surface area (Å²) in [7, 11) is 0. The minimum atomic E-state index is 1.35. The smallest absolute Gasteiger partial charge is 0.0293 e.